The highest BCUT2D eigenvalue weighted by molar-refractivity contribution is 6.12. The summed E-state index contributed by atoms with van der Waals surface area (Å²) in [5.41, 5.74) is 7.36. The molecule has 0 unspecified atom stereocenters. The van der Waals surface area contributed by atoms with Gasteiger partial charge in [-0.05, 0) is 24.3 Å². The molecule has 0 bridgehead atoms. The Balaban J connectivity index is 1.95. The number of carbonyl (C=O) groups excluding carboxylic acids is 1. The van der Waals surface area contributed by atoms with Crippen molar-refractivity contribution in [2.45, 2.75) is 0 Å². The highest BCUT2D eigenvalue weighted by Crippen LogP contribution is 2.21. The fraction of sp³-hybridized carbons (Fsp3) is 0. The number of para-hydroxylation sites is 1. The van der Waals surface area contributed by atoms with E-state index in [4.69, 9.17) is 5.73 Å². The van der Waals surface area contributed by atoms with Crippen LogP contribution in [0.2, 0.25) is 0 Å². The molecule has 0 saturated carbocycles. The second-order valence-electron chi connectivity index (χ2n) is 4.44. The number of nitrogen functional groups attached to an aromatic ring is 1. The number of nitrogens with one attached hydrogen (secondary N) is 2. The van der Waals surface area contributed by atoms with Gasteiger partial charge in [0.1, 0.15) is 5.82 Å². The van der Waals surface area contributed by atoms with Crippen LogP contribution in [-0.4, -0.2) is 10.9 Å². The summed E-state index contributed by atoms with van der Waals surface area (Å²) in [5, 5.41) is 3.32. The van der Waals surface area contributed by atoms with Crippen LogP contribution in [0.25, 0.3) is 10.9 Å². The first-order chi connectivity index (χ1) is 9.65. The van der Waals surface area contributed by atoms with Gasteiger partial charge < -0.3 is 16.0 Å². The molecule has 0 aliphatic heterocycles. The molecule has 1 aromatic heterocycles. The number of fused-ring (bicyclic) bond motifs is 1. The van der Waals surface area contributed by atoms with Gasteiger partial charge in [0.2, 0.25) is 0 Å². The van der Waals surface area contributed by atoms with Gasteiger partial charge in [0.25, 0.3) is 5.91 Å². The van der Waals surface area contributed by atoms with Gasteiger partial charge in [0.15, 0.2) is 0 Å². The quantitative estimate of drug-likeness (QED) is 0.625. The van der Waals surface area contributed by atoms with Crippen LogP contribution in [0.3, 0.4) is 0 Å². The van der Waals surface area contributed by atoms with Crippen LogP contribution in [0.15, 0.2) is 48.7 Å². The van der Waals surface area contributed by atoms with Gasteiger partial charge in [0.05, 0.1) is 11.3 Å². The van der Waals surface area contributed by atoms with Crippen molar-refractivity contribution < 1.29 is 9.18 Å². The lowest BCUT2D eigenvalue weighted by Crippen LogP contribution is -2.12. The number of H-pyrrole nitrogens is 1. The van der Waals surface area contributed by atoms with Crippen molar-refractivity contribution in [3.05, 3.63) is 60.0 Å². The summed E-state index contributed by atoms with van der Waals surface area (Å²) in [5.74, 6) is -0.903. The molecule has 0 atom stereocenters. The maximum atomic E-state index is 13.6. The van der Waals surface area contributed by atoms with Crippen molar-refractivity contribution in [1.82, 2.24) is 4.98 Å². The first kappa shape index (κ1) is 12.2. The molecule has 0 saturated heterocycles. The average molecular weight is 269 g/mol. The van der Waals surface area contributed by atoms with Gasteiger partial charge in [-0.15, -0.1) is 0 Å². The van der Waals surface area contributed by atoms with Gasteiger partial charge in [0, 0.05) is 22.8 Å². The number of benzene rings is 2. The Hall–Kier alpha value is -2.82. The van der Waals surface area contributed by atoms with Gasteiger partial charge in [-0.2, -0.15) is 0 Å². The van der Waals surface area contributed by atoms with Gasteiger partial charge in [-0.3, -0.25) is 4.79 Å². The molecule has 0 fully saturated rings. The topological polar surface area (TPSA) is 70.9 Å². The number of halogens is 1. The number of hydrogen-bond acceptors (Lipinski definition) is 2. The lowest BCUT2D eigenvalue weighted by Gasteiger charge is -2.06. The largest absolute Gasteiger partial charge is 0.399 e. The normalized spacial score (nSPS) is 10.7. The predicted octanol–water partition coefficient (Wildman–Crippen LogP) is 3.14. The SMILES string of the molecule is Nc1ccc(F)c(NC(=O)c2c[nH]c3ccccc23)c1. The molecule has 0 aliphatic rings. The molecule has 0 spiro atoms. The van der Waals surface area contributed by atoms with Crippen molar-refractivity contribution in [3.8, 4) is 0 Å². The molecule has 4 N–H and O–H groups in total. The van der Waals surface area contributed by atoms with Crippen LogP contribution >= 0.6 is 0 Å². The summed E-state index contributed by atoms with van der Waals surface area (Å²) in [7, 11) is 0. The van der Waals surface area contributed by atoms with E-state index in [0.717, 1.165) is 10.9 Å². The molecule has 1 amide bonds. The smallest absolute Gasteiger partial charge is 0.257 e. The zero-order valence-electron chi connectivity index (χ0n) is 10.5. The number of hydrogen-bond donors (Lipinski definition) is 3. The molecule has 1 heterocycles. The number of aromatic amines is 1. The number of rotatable bonds is 2. The summed E-state index contributed by atoms with van der Waals surface area (Å²) in [6.07, 6.45) is 1.60. The Labute approximate surface area is 114 Å². The predicted molar refractivity (Wildman–Crippen MR) is 77.1 cm³/mol. The Morgan fingerprint density at radius 3 is 2.85 bits per heavy atom. The fourth-order valence-corrected chi connectivity index (χ4v) is 2.09. The molecule has 4 nitrogen and oxygen atoms in total. The summed E-state index contributed by atoms with van der Waals surface area (Å²) < 4.78 is 13.6. The molecular formula is C15H12FN3O. The minimum Gasteiger partial charge on any atom is -0.399 e. The maximum Gasteiger partial charge on any atom is 0.257 e. The Morgan fingerprint density at radius 1 is 1.20 bits per heavy atom. The van der Waals surface area contributed by atoms with E-state index in [1.54, 1.807) is 6.20 Å². The molecule has 100 valence electrons. The highest BCUT2D eigenvalue weighted by Gasteiger charge is 2.13. The van der Waals surface area contributed by atoms with E-state index < -0.39 is 5.82 Å². The molecule has 0 aliphatic carbocycles. The maximum absolute atomic E-state index is 13.6. The molecule has 3 aromatic rings. The van der Waals surface area contributed by atoms with Gasteiger partial charge in [-0.1, -0.05) is 18.2 Å². The molecule has 3 rings (SSSR count). The number of anilines is 2. The van der Waals surface area contributed by atoms with E-state index >= 15 is 0 Å². The van der Waals surface area contributed by atoms with E-state index in [1.807, 2.05) is 24.3 Å². The van der Waals surface area contributed by atoms with E-state index in [-0.39, 0.29) is 11.6 Å². The molecular weight excluding hydrogens is 257 g/mol. The monoisotopic (exact) mass is 269 g/mol. The molecule has 0 radical (unpaired) electrons. The van der Waals surface area contributed by atoms with Crippen LogP contribution in [-0.2, 0) is 0 Å². The highest BCUT2D eigenvalue weighted by atomic mass is 19.1. The molecule has 2 aromatic carbocycles. The van der Waals surface area contributed by atoms with Crippen molar-refractivity contribution in [1.29, 1.82) is 0 Å². The van der Waals surface area contributed by atoms with Crippen LogP contribution in [0.4, 0.5) is 15.8 Å². The number of aromatic nitrogens is 1. The zero-order chi connectivity index (χ0) is 14.1. The van der Waals surface area contributed by atoms with Crippen LogP contribution < -0.4 is 11.1 Å². The third-order valence-electron chi connectivity index (χ3n) is 3.07. The Morgan fingerprint density at radius 2 is 2.00 bits per heavy atom. The first-order valence-electron chi connectivity index (χ1n) is 6.07. The van der Waals surface area contributed by atoms with Crippen molar-refractivity contribution in [3.63, 3.8) is 0 Å². The first-order valence-corrected chi connectivity index (χ1v) is 6.07. The third-order valence-corrected chi connectivity index (χ3v) is 3.07. The van der Waals surface area contributed by atoms with E-state index in [9.17, 15) is 9.18 Å². The summed E-state index contributed by atoms with van der Waals surface area (Å²) >= 11 is 0. The minimum absolute atomic E-state index is 0.0697. The average Bonchev–Trinajstić information content (AvgIpc) is 2.87. The van der Waals surface area contributed by atoms with Crippen molar-refractivity contribution in [2.24, 2.45) is 0 Å². The van der Waals surface area contributed by atoms with Crippen molar-refractivity contribution >= 4 is 28.2 Å². The third kappa shape index (κ3) is 2.09. The fourth-order valence-electron chi connectivity index (χ4n) is 2.09. The van der Waals surface area contributed by atoms with Crippen molar-refractivity contribution in [2.75, 3.05) is 11.1 Å². The second-order valence-corrected chi connectivity index (χ2v) is 4.44. The van der Waals surface area contributed by atoms with Gasteiger partial charge >= 0.3 is 0 Å². The Bertz CT molecular complexity index is 795. The lowest BCUT2D eigenvalue weighted by molar-refractivity contribution is 0.102. The summed E-state index contributed by atoms with van der Waals surface area (Å²) in [4.78, 5) is 15.2. The van der Waals surface area contributed by atoms with Crippen LogP contribution in [0, 0.1) is 5.82 Å². The summed E-state index contributed by atoms with van der Waals surface area (Å²) in [6, 6.07) is 11.5. The van der Waals surface area contributed by atoms with Crippen LogP contribution in [0.1, 0.15) is 10.4 Å². The zero-order valence-corrected chi connectivity index (χ0v) is 10.5. The molecule has 5 heteroatoms. The number of amides is 1. The summed E-state index contributed by atoms with van der Waals surface area (Å²) in [6.45, 7) is 0. The van der Waals surface area contributed by atoms with E-state index in [1.165, 1.54) is 18.2 Å². The standard InChI is InChI=1S/C15H12FN3O/c16-12-6-5-9(17)7-14(12)19-15(20)11-8-18-13-4-2-1-3-10(11)13/h1-8,18H,17H2,(H,19,20). The second kappa shape index (κ2) is 4.70. The van der Waals surface area contributed by atoms with Crippen LogP contribution in [0.5, 0.6) is 0 Å². The van der Waals surface area contributed by atoms with E-state index in [0.29, 0.717) is 11.3 Å². The minimum atomic E-state index is -0.521. The van der Waals surface area contributed by atoms with Gasteiger partial charge in [-0.25, -0.2) is 4.39 Å². The number of nitrogens with two attached hydrogens (primary N) is 1. The molecule has 20 heavy (non-hydrogen) atoms. The number of carbonyl (C=O) groups is 1. The Kier molecular flexibility index (Phi) is 2.87. The van der Waals surface area contributed by atoms with E-state index in [2.05, 4.69) is 10.3 Å². The lowest BCUT2D eigenvalue weighted by atomic mass is 10.1.